The molecule has 0 saturated heterocycles. The number of fused-ring (bicyclic) bond motifs is 1. The molecule has 0 unspecified atom stereocenters. The van der Waals surface area contributed by atoms with Gasteiger partial charge in [0.15, 0.2) is 0 Å². The Kier molecular flexibility index (Phi) is 5.19. The van der Waals surface area contributed by atoms with E-state index in [1.165, 1.54) is 0 Å². The van der Waals surface area contributed by atoms with Crippen molar-refractivity contribution in [3.63, 3.8) is 0 Å². The highest BCUT2D eigenvalue weighted by molar-refractivity contribution is 6.40. The third kappa shape index (κ3) is 3.31. The van der Waals surface area contributed by atoms with Gasteiger partial charge in [0.2, 0.25) is 0 Å². The lowest BCUT2D eigenvalue weighted by atomic mass is 10.0. The molecule has 0 spiro atoms. The molecule has 0 amide bonds. The van der Waals surface area contributed by atoms with Crippen LogP contribution in [-0.4, -0.2) is 29.0 Å². The van der Waals surface area contributed by atoms with Crippen molar-refractivity contribution in [1.82, 2.24) is 9.55 Å². The first-order valence-electron chi connectivity index (χ1n) is 7.55. The lowest BCUT2D eigenvalue weighted by Gasteiger charge is -2.10. The molecule has 0 bridgehead atoms. The van der Waals surface area contributed by atoms with Crippen LogP contribution in [0.5, 0.6) is 0 Å². The van der Waals surface area contributed by atoms with E-state index < -0.39 is 0 Å². The molecule has 4 nitrogen and oxygen atoms in total. The number of nitrogens with one attached hydrogen (secondary N) is 1. The van der Waals surface area contributed by atoms with Crippen LogP contribution >= 0.6 is 23.2 Å². The number of hydrogen-bond acceptors (Lipinski definition) is 3. The molecule has 3 aromatic rings. The molecule has 24 heavy (non-hydrogen) atoms. The number of pyridine rings is 1. The van der Waals surface area contributed by atoms with Crippen LogP contribution in [0.15, 0.2) is 42.7 Å². The molecule has 124 valence electrons. The van der Waals surface area contributed by atoms with Crippen LogP contribution in [0.3, 0.4) is 0 Å². The molecule has 0 saturated carbocycles. The summed E-state index contributed by atoms with van der Waals surface area (Å²) >= 11 is 12.4. The Morgan fingerprint density at radius 3 is 2.67 bits per heavy atom. The third-order valence-corrected chi connectivity index (χ3v) is 4.56. The van der Waals surface area contributed by atoms with Crippen LogP contribution < -0.4 is 0 Å². The van der Waals surface area contributed by atoms with Gasteiger partial charge in [0.1, 0.15) is 0 Å². The van der Waals surface area contributed by atoms with Gasteiger partial charge in [-0.1, -0.05) is 29.3 Å². The van der Waals surface area contributed by atoms with Crippen molar-refractivity contribution in [1.29, 1.82) is 5.41 Å². The van der Waals surface area contributed by atoms with E-state index in [4.69, 9.17) is 33.3 Å². The highest BCUT2D eigenvalue weighted by atomic mass is 35.5. The summed E-state index contributed by atoms with van der Waals surface area (Å²) in [5, 5.41) is 10.4. The lowest BCUT2D eigenvalue weighted by molar-refractivity contribution is 0.188. The first-order chi connectivity index (χ1) is 11.6. The molecule has 0 aliphatic rings. The molecule has 0 atom stereocenters. The van der Waals surface area contributed by atoms with Gasteiger partial charge in [0, 0.05) is 49.1 Å². The first kappa shape index (κ1) is 17.0. The Morgan fingerprint density at radius 2 is 1.96 bits per heavy atom. The second-order valence-corrected chi connectivity index (χ2v) is 6.26. The maximum atomic E-state index is 8.41. The zero-order valence-electron chi connectivity index (χ0n) is 13.2. The van der Waals surface area contributed by atoms with Crippen molar-refractivity contribution in [3.05, 3.63) is 64.0 Å². The van der Waals surface area contributed by atoms with Crippen molar-refractivity contribution in [2.75, 3.05) is 13.7 Å². The fourth-order valence-electron chi connectivity index (χ4n) is 2.75. The van der Waals surface area contributed by atoms with Crippen LogP contribution in [0.2, 0.25) is 10.0 Å². The molecular weight excluding hydrogens is 345 g/mol. The van der Waals surface area contributed by atoms with Crippen LogP contribution in [0.1, 0.15) is 11.3 Å². The lowest BCUT2D eigenvalue weighted by Crippen LogP contribution is -2.07. The second-order valence-electron chi connectivity index (χ2n) is 5.44. The average Bonchev–Trinajstić information content (AvgIpc) is 2.97. The Bertz CT molecular complexity index is 869. The quantitative estimate of drug-likeness (QED) is 0.652. The molecular formula is C18H17Cl2N3O. The fourth-order valence-corrected chi connectivity index (χ4v) is 3.37. The molecule has 2 aromatic heterocycles. The first-order valence-corrected chi connectivity index (χ1v) is 8.31. The molecule has 0 radical (unpaired) electrons. The topological polar surface area (TPSA) is 50.9 Å². The summed E-state index contributed by atoms with van der Waals surface area (Å²) in [5.74, 6) is 0. The van der Waals surface area contributed by atoms with E-state index >= 15 is 0 Å². The van der Waals surface area contributed by atoms with E-state index in [9.17, 15) is 0 Å². The molecule has 0 aliphatic carbocycles. The van der Waals surface area contributed by atoms with Crippen molar-refractivity contribution >= 4 is 39.8 Å². The molecule has 1 N–H and O–H groups in total. The summed E-state index contributed by atoms with van der Waals surface area (Å²) in [6.45, 7) is 1.42. The number of ether oxygens (including phenoxy) is 1. The Morgan fingerprint density at radius 1 is 1.21 bits per heavy atom. The van der Waals surface area contributed by atoms with E-state index in [-0.39, 0.29) is 0 Å². The summed E-state index contributed by atoms with van der Waals surface area (Å²) < 4.78 is 7.26. The summed E-state index contributed by atoms with van der Waals surface area (Å²) in [7, 11) is 1.69. The van der Waals surface area contributed by atoms with Crippen LogP contribution in [0.4, 0.5) is 0 Å². The summed E-state index contributed by atoms with van der Waals surface area (Å²) in [6, 6.07) is 9.25. The van der Waals surface area contributed by atoms with Gasteiger partial charge in [-0.05, 0) is 24.3 Å². The molecule has 0 aliphatic heterocycles. The van der Waals surface area contributed by atoms with Gasteiger partial charge >= 0.3 is 0 Å². The van der Waals surface area contributed by atoms with E-state index in [0.717, 1.165) is 23.1 Å². The maximum Gasteiger partial charge on any atom is 0.0641 e. The Labute approximate surface area is 150 Å². The predicted octanol–water partition coefficient (Wildman–Crippen LogP) is 4.60. The number of aromatic nitrogens is 2. The fraction of sp³-hybridized carbons (Fsp3) is 0.222. The van der Waals surface area contributed by atoms with E-state index in [1.807, 2.05) is 18.3 Å². The van der Waals surface area contributed by atoms with E-state index in [2.05, 4.69) is 9.55 Å². The zero-order chi connectivity index (χ0) is 17.1. The SMILES string of the molecule is COCCn1ccc2c(CC(=N)c3c(Cl)cccc3Cl)nccc21. The highest BCUT2D eigenvalue weighted by Crippen LogP contribution is 2.27. The summed E-state index contributed by atoms with van der Waals surface area (Å²) in [4.78, 5) is 4.45. The minimum absolute atomic E-state index is 0.357. The van der Waals surface area contributed by atoms with Crippen molar-refractivity contribution in [3.8, 4) is 0 Å². The number of rotatable bonds is 6. The number of nitrogens with zero attached hydrogens (tertiary/aromatic N) is 2. The largest absolute Gasteiger partial charge is 0.383 e. The normalized spacial score (nSPS) is 11.1. The van der Waals surface area contributed by atoms with Crippen molar-refractivity contribution < 1.29 is 4.74 Å². The Balaban J connectivity index is 1.93. The number of methoxy groups -OCH3 is 1. The standard InChI is InChI=1S/C18H17Cl2N3O/c1-24-10-9-23-8-6-12-16(22-7-5-17(12)23)11-15(21)18-13(19)3-2-4-14(18)20/h2-8,21H,9-11H2,1H3. The summed E-state index contributed by atoms with van der Waals surface area (Å²) in [5.41, 5.74) is 2.84. The van der Waals surface area contributed by atoms with Gasteiger partial charge in [0.25, 0.3) is 0 Å². The number of hydrogen-bond donors (Lipinski definition) is 1. The van der Waals surface area contributed by atoms with Crippen LogP contribution in [-0.2, 0) is 17.7 Å². The van der Waals surface area contributed by atoms with Crippen molar-refractivity contribution in [2.45, 2.75) is 13.0 Å². The van der Waals surface area contributed by atoms with E-state index in [1.54, 1.807) is 31.5 Å². The van der Waals surface area contributed by atoms with Crippen molar-refractivity contribution in [2.24, 2.45) is 0 Å². The van der Waals surface area contributed by atoms with Crippen LogP contribution in [0, 0.1) is 5.41 Å². The average molecular weight is 362 g/mol. The molecule has 1 aromatic carbocycles. The predicted molar refractivity (Wildman–Crippen MR) is 98.6 cm³/mol. The zero-order valence-corrected chi connectivity index (χ0v) is 14.7. The van der Waals surface area contributed by atoms with Gasteiger partial charge < -0.3 is 14.7 Å². The molecule has 2 heterocycles. The molecule has 0 fully saturated rings. The van der Waals surface area contributed by atoms with Gasteiger partial charge in [-0.2, -0.15) is 0 Å². The highest BCUT2D eigenvalue weighted by Gasteiger charge is 2.14. The number of halogens is 2. The minimum atomic E-state index is 0.357. The second kappa shape index (κ2) is 7.34. The van der Waals surface area contributed by atoms with Gasteiger partial charge in [-0.15, -0.1) is 0 Å². The number of benzene rings is 1. The summed E-state index contributed by atoms with van der Waals surface area (Å²) in [6.07, 6.45) is 4.15. The maximum absolute atomic E-state index is 8.41. The van der Waals surface area contributed by atoms with Gasteiger partial charge in [-0.3, -0.25) is 4.98 Å². The molecule has 6 heteroatoms. The third-order valence-electron chi connectivity index (χ3n) is 3.93. The van der Waals surface area contributed by atoms with Gasteiger partial charge in [0.05, 0.1) is 27.9 Å². The smallest absolute Gasteiger partial charge is 0.0641 e. The monoisotopic (exact) mass is 361 g/mol. The Hall–Kier alpha value is -1.88. The minimum Gasteiger partial charge on any atom is -0.383 e. The molecule has 3 rings (SSSR count). The van der Waals surface area contributed by atoms with Crippen LogP contribution in [0.25, 0.3) is 10.9 Å². The van der Waals surface area contributed by atoms with E-state index in [0.29, 0.717) is 34.3 Å². The van der Waals surface area contributed by atoms with Gasteiger partial charge in [-0.25, -0.2) is 0 Å².